The van der Waals surface area contributed by atoms with E-state index in [-0.39, 0.29) is 0 Å². The number of hydrogen-bond donors (Lipinski definition) is 0. The fourth-order valence-electron chi connectivity index (χ4n) is 2.55. The summed E-state index contributed by atoms with van der Waals surface area (Å²) >= 11 is 3.41. The molecule has 0 atom stereocenters. The van der Waals surface area contributed by atoms with Gasteiger partial charge in [0.05, 0.1) is 5.39 Å². The molecule has 0 aliphatic carbocycles. The minimum Gasteiger partial charge on any atom is -0.353 e. The molecule has 108 valence electrons. The maximum absolute atomic E-state index is 4.81. The Morgan fingerprint density at radius 2 is 1.80 bits per heavy atom. The summed E-state index contributed by atoms with van der Waals surface area (Å²) in [5, 5.41) is 2.14. The van der Waals surface area contributed by atoms with E-state index in [1.54, 1.807) is 23.1 Å². The molecule has 1 aliphatic heterocycles. The lowest BCUT2D eigenvalue weighted by atomic mass is 10.2. The first kappa shape index (κ1) is 14.1. The van der Waals surface area contributed by atoms with E-state index in [2.05, 4.69) is 35.7 Å². The van der Waals surface area contributed by atoms with E-state index >= 15 is 0 Å². The monoisotopic (exact) mass is 308 g/mol. The average molecular weight is 308 g/mol. The Kier molecular flexibility index (Phi) is 3.88. The van der Waals surface area contributed by atoms with Crippen molar-refractivity contribution in [3.63, 3.8) is 0 Å². The molecule has 6 heteroatoms. The normalized spacial score (nSPS) is 17.1. The molecule has 3 rings (SSSR count). The molecule has 0 unspecified atom stereocenters. The molecule has 1 saturated heterocycles. The van der Waals surface area contributed by atoms with Gasteiger partial charge in [-0.25, -0.2) is 9.97 Å². The van der Waals surface area contributed by atoms with Crippen molar-refractivity contribution in [3.8, 4) is 0 Å². The zero-order valence-corrected chi connectivity index (χ0v) is 14.1. The second-order valence-corrected chi connectivity index (χ2v) is 7.26. The maximum atomic E-state index is 4.81. The van der Waals surface area contributed by atoms with Gasteiger partial charge in [0.1, 0.15) is 10.6 Å². The van der Waals surface area contributed by atoms with Crippen molar-refractivity contribution in [1.29, 1.82) is 0 Å². The lowest BCUT2D eigenvalue weighted by Crippen LogP contribution is -2.45. The molecule has 1 fully saturated rings. The molecule has 20 heavy (non-hydrogen) atoms. The first-order chi connectivity index (χ1) is 9.60. The van der Waals surface area contributed by atoms with Crippen LogP contribution < -0.4 is 4.90 Å². The van der Waals surface area contributed by atoms with Crippen LogP contribution in [0, 0.1) is 13.8 Å². The highest BCUT2D eigenvalue weighted by atomic mass is 32.2. The van der Waals surface area contributed by atoms with Crippen molar-refractivity contribution < 1.29 is 0 Å². The summed E-state index contributed by atoms with van der Waals surface area (Å²) in [5.41, 5.74) is 1.34. The number of thioether (sulfide) groups is 1. The SMILES string of the molecule is CSc1nc(N2CCN(C)CC2)c2c(C)c(C)sc2n1. The summed E-state index contributed by atoms with van der Waals surface area (Å²) in [4.78, 5) is 16.8. The van der Waals surface area contributed by atoms with E-state index in [9.17, 15) is 0 Å². The molecular weight excluding hydrogens is 288 g/mol. The van der Waals surface area contributed by atoms with Crippen LogP contribution in [0.5, 0.6) is 0 Å². The number of rotatable bonds is 2. The molecule has 0 spiro atoms. The van der Waals surface area contributed by atoms with Crippen LogP contribution in [0.25, 0.3) is 10.2 Å². The van der Waals surface area contributed by atoms with Gasteiger partial charge in [0.2, 0.25) is 0 Å². The van der Waals surface area contributed by atoms with Crippen LogP contribution in [-0.4, -0.2) is 54.4 Å². The summed E-state index contributed by atoms with van der Waals surface area (Å²) in [6.45, 7) is 8.66. The van der Waals surface area contributed by atoms with Crippen molar-refractivity contribution in [2.24, 2.45) is 0 Å². The smallest absolute Gasteiger partial charge is 0.190 e. The minimum absolute atomic E-state index is 0.882. The summed E-state index contributed by atoms with van der Waals surface area (Å²) in [6, 6.07) is 0. The van der Waals surface area contributed by atoms with Gasteiger partial charge in [-0.2, -0.15) is 0 Å². The third kappa shape index (κ3) is 2.40. The predicted molar refractivity (Wildman–Crippen MR) is 88.4 cm³/mol. The molecule has 0 amide bonds. The van der Waals surface area contributed by atoms with Crippen molar-refractivity contribution >= 4 is 39.1 Å². The molecule has 0 radical (unpaired) electrons. The van der Waals surface area contributed by atoms with Crippen molar-refractivity contribution in [2.45, 2.75) is 19.0 Å². The summed E-state index contributed by atoms with van der Waals surface area (Å²) in [6.07, 6.45) is 2.04. The van der Waals surface area contributed by atoms with Crippen LogP contribution in [-0.2, 0) is 0 Å². The molecule has 4 nitrogen and oxygen atoms in total. The Bertz CT molecular complexity index is 630. The molecule has 0 saturated carbocycles. The number of aryl methyl sites for hydroxylation is 2. The van der Waals surface area contributed by atoms with E-state index in [1.165, 1.54) is 15.8 Å². The Morgan fingerprint density at radius 1 is 1.10 bits per heavy atom. The van der Waals surface area contributed by atoms with E-state index in [0.717, 1.165) is 42.0 Å². The van der Waals surface area contributed by atoms with Gasteiger partial charge in [-0.15, -0.1) is 11.3 Å². The third-order valence-electron chi connectivity index (χ3n) is 3.97. The van der Waals surface area contributed by atoms with Crippen LogP contribution in [0.4, 0.5) is 5.82 Å². The van der Waals surface area contributed by atoms with Crippen LogP contribution in [0.15, 0.2) is 5.16 Å². The lowest BCUT2D eigenvalue weighted by molar-refractivity contribution is 0.312. The van der Waals surface area contributed by atoms with Crippen molar-refractivity contribution in [2.75, 3.05) is 44.4 Å². The van der Waals surface area contributed by atoms with E-state index < -0.39 is 0 Å². The van der Waals surface area contributed by atoms with E-state index in [0.29, 0.717) is 0 Å². The summed E-state index contributed by atoms with van der Waals surface area (Å²) < 4.78 is 0. The van der Waals surface area contributed by atoms with Gasteiger partial charge in [0.25, 0.3) is 0 Å². The largest absolute Gasteiger partial charge is 0.353 e. The van der Waals surface area contributed by atoms with Gasteiger partial charge < -0.3 is 9.80 Å². The van der Waals surface area contributed by atoms with Gasteiger partial charge >= 0.3 is 0 Å². The number of fused-ring (bicyclic) bond motifs is 1. The van der Waals surface area contributed by atoms with Gasteiger partial charge in [0, 0.05) is 31.1 Å². The third-order valence-corrected chi connectivity index (χ3v) is 5.62. The van der Waals surface area contributed by atoms with Gasteiger partial charge in [-0.3, -0.25) is 0 Å². The quantitative estimate of drug-likeness (QED) is 0.629. The number of likely N-dealkylation sites (N-methyl/N-ethyl adjacent to an activating group) is 1. The molecular formula is C14H20N4S2. The maximum Gasteiger partial charge on any atom is 0.190 e. The predicted octanol–water partition coefficient (Wildman–Crippen LogP) is 2.78. The van der Waals surface area contributed by atoms with Crippen molar-refractivity contribution in [3.05, 3.63) is 10.4 Å². The second kappa shape index (κ2) is 5.50. The van der Waals surface area contributed by atoms with Crippen LogP contribution in [0.1, 0.15) is 10.4 Å². The van der Waals surface area contributed by atoms with E-state index in [4.69, 9.17) is 4.98 Å². The average Bonchev–Trinajstić information content (AvgIpc) is 2.74. The summed E-state index contributed by atoms with van der Waals surface area (Å²) in [7, 11) is 2.18. The molecule has 0 N–H and O–H groups in total. The zero-order chi connectivity index (χ0) is 14.3. The standard InChI is InChI=1S/C14H20N4S2/c1-9-10(2)20-13-11(9)12(15-14(16-13)19-4)18-7-5-17(3)6-8-18/h5-8H2,1-4H3. The highest BCUT2D eigenvalue weighted by Gasteiger charge is 2.21. The second-order valence-electron chi connectivity index (χ2n) is 5.29. The number of hydrogen-bond acceptors (Lipinski definition) is 6. The van der Waals surface area contributed by atoms with Crippen LogP contribution in [0.3, 0.4) is 0 Å². The fourth-order valence-corrected chi connectivity index (χ4v) is 3.99. The van der Waals surface area contributed by atoms with Crippen LogP contribution >= 0.6 is 23.1 Å². The number of piperazine rings is 1. The summed E-state index contributed by atoms with van der Waals surface area (Å²) in [5.74, 6) is 1.13. The highest BCUT2D eigenvalue weighted by Crippen LogP contribution is 2.36. The van der Waals surface area contributed by atoms with Gasteiger partial charge in [-0.1, -0.05) is 11.8 Å². The zero-order valence-electron chi connectivity index (χ0n) is 12.4. The molecule has 1 aliphatic rings. The van der Waals surface area contributed by atoms with Gasteiger partial charge in [-0.05, 0) is 32.7 Å². The Hall–Kier alpha value is -0.850. The topological polar surface area (TPSA) is 32.3 Å². The molecule has 2 aromatic rings. The first-order valence-electron chi connectivity index (χ1n) is 6.85. The number of thiophene rings is 1. The van der Waals surface area contributed by atoms with E-state index in [1.807, 2.05) is 6.26 Å². The Labute approximate surface area is 128 Å². The molecule has 0 bridgehead atoms. The molecule has 2 aromatic heterocycles. The Morgan fingerprint density at radius 3 is 2.45 bits per heavy atom. The van der Waals surface area contributed by atoms with Crippen molar-refractivity contribution in [1.82, 2.24) is 14.9 Å². The number of anilines is 1. The highest BCUT2D eigenvalue weighted by molar-refractivity contribution is 7.98. The van der Waals surface area contributed by atoms with Crippen LogP contribution in [0.2, 0.25) is 0 Å². The molecule has 0 aromatic carbocycles. The number of aromatic nitrogens is 2. The first-order valence-corrected chi connectivity index (χ1v) is 8.89. The lowest BCUT2D eigenvalue weighted by Gasteiger charge is -2.33. The van der Waals surface area contributed by atoms with Gasteiger partial charge in [0.15, 0.2) is 5.16 Å². The number of nitrogens with zero attached hydrogens (tertiary/aromatic N) is 4. The Balaban J connectivity index is 2.12. The minimum atomic E-state index is 0.882. The molecule has 3 heterocycles. The fraction of sp³-hybridized carbons (Fsp3) is 0.571.